The molecule has 0 unspecified atom stereocenters. The van der Waals surface area contributed by atoms with Crippen LogP contribution in [0.3, 0.4) is 0 Å². The zero-order chi connectivity index (χ0) is 12.7. The molecule has 94 valence electrons. The molecule has 0 saturated heterocycles. The number of benzene rings is 1. The molecule has 19 heavy (non-hydrogen) atoms. The molecule has 0 bridgehead atoms. The van der Waals surface area contributed by atoms with E-state index < -0.39 is 0 Å². The van der Waals surface area contributed by atoms with Crippen molar-refractivity contribution in [1.82, 2.24) is 9.55 Å². The van der Waals surface area contributed by atoms with E-state index in [0.717, 1.165) is 18.0 Å². The highest BCUT2D eigenvalue weighted by atomic mass is 32.2. The van der Waals surface area contributed by atoms with Gasteiger partial charge in [-0.15, -0.1) is 0 Å². The van der Waals surface area contributed by atoms with E-state index in [1.54, 1.807) is 0 Å². The summed E-state index contributed by atoms with van der Waals surface area (Å²) in [5.41, 5.74) is 4.23. The second-order valence-electron chi connectivity index (χ2n) is 4.77. The number of hydrogen-bond donors (Lipinski definition) is 0. The molecule has 3 heterocycles. The van der Waals surface area contributed by atoms with Gasteiger partial charge in [0.25, 0.3) is 0 Å². The molecular weight excluding hydrogens is 252 g/mol. The number of fused-ring (bicyclic) bond motifs is 3. The van der Waals surface area contributed by atoms with E-state index in [4.69, 9.17) is 0 Å². The molecule has 2 aromatic heterocycles. The summed E-state index contributed by atoms with van der Waals surface area (Å²) < 4.78 is 2.34. The third-order valence-electron chi connectivity index (χ3n) is 3.70. The molecule has 0 saturated carbocycles. The standard InChI is InChI=1S/C16H14N2S/c1-2-6-14-12(5-1)13-11-19-10-8-15(13)18(14)16-7-3-4-9-17-16/h1-7,9H,8,10-11H2. The molecule has 1 aliphatic rings. The first-order valence-electron chi connectivity index (χ1n) is 6.55. The quantitative estimate of drug-likeness (QED) is 0.666. The molecule has 0 N–H and O–H groups in total. The number of hydrogen-bond acceptors (Lipinski definition) is 2. The van der Waals surface area contributed by atoms with Gasteiger partial charge in [0.1, 0.15) is 5.82 Å². The molecule has 1 aromatic carbocycles. The smallest absolute Gasteiger partial charge is 0.137 e. The summed E-state index contributed by atoms with van der Waals surface area (Å²) in [4.78, 5) is 4.54. The minimum absolute atomic E-state index is 1.03. The highest BCUT2D eigenvalue weighted by Crippen LogP contribution is 2.35. The summed E-state index contributed by atoms with van der Waals surface area (Å²) in [6.07, 6.45) is 3.00. The van der Waals surface area contributed by atoms with Crippen LogP contribution in [0.1, 0.15) is 11.3 Å². The number of thioether (sulfide) groups is 1. The highest BCUT2D eigenvalue weighted by molar-refractivity contribution is 7.98. The lowest BCUT2D eigenvalue weighted by Crippen LogP contribution is -2.08. The SMILES string of the molecule is c1ccc(-n2c3c(c4ccccc42)CSCC3)nc1. The first-order chi connectivity index (χ1) is 9.45. The van der Waals surface area contributed by atoms with Crippen LogP contribution in [0, 0.1) is 0 Å². The predicted octanol–water partition coefficient (Wildman–Crippen LogP) is 3.81. The monoisotopic (exact) mass is 266 g/mol. The largest absolute Gasteiger partial charge is 0.298 e. The predicted molar refractivity (Wildman–Crippen MR) is 80.9 cm³/mol. The van der Waals surface area contributed by atoms with Crippen LogP contribution in [0.2, 0.25) is 0 Å². The van der Waals surface area contributed by atoms with Gasteiger partial charge in [0.15, 0.2) is 0 Å². The average Bonchev–Trinajstić information content (AvgIpc) is 2.83. The fourth-order valence-electron chi connectivity index (χ4n) is 2.87. The van der Waals surface area contributed by atoms with Crippen molar-refractivity contribution in [2.24, 2.45) is 0 Å². The van der Waals surface area contributed by atoms with Gasteiger partial charge in [-0.1, -0.05) is 24.3 Å². The zero-order valence-electron chi connectivity index (χ0n) is 10.5. The Hall–Kier alpha value is -1.74. The lowest BCUT2D eigenvalue weighted by atomic mass is 10.1. The Labute approximate surface area is 116 Å². The fourth-order valence-corrected chi connectivity index (χ4v) is 3.88. The summed E-state index contributed by atoms with van der Waals surface area (Å²) in [7, 11) is 0. The van der Waals surface area contributed by atoms with Crippen molar-refractivity contribution in [3.63, 3.8) is 0 Å². The van der Waals surface area contributed by atoms with Gasteiger partial charge >= 0.3 is 0 Å². The van der Waals surface area contributed by atoms with E-state index in [1.807, 2.05) is 24.0 Å². The van der Waals surface area contributed by atoms with E-state index >= 15 is 0 Å². The van der Waals surface area contributed by atoms with Crippen molar-refractivity contribution in [2.45, 2.75) is 12.2 Å². The van der Waals surface area contributed by atoms with Crippen molar-refractivity contribution in [3.05, 3.63) is 59.9 Å². The summed E-state index contributed by atoms with van der Waals surface area (Å²) >= 11 is 2.03. The van der Waals surface area contributed by atoms with Gasteiger partial charge in [0, 0.05) is 23.0 Å². The van der Waals surface area contributed by atoms with Crippen LogP contribution in [-0.4, -0.2) is 15.3 Å². The fraction of sp³-hybridized carbons (Fsp3) is 0.188. The maximum Gasteiger partial charge on any atom is 0.137 e. The molecule has 3 heteroatoms. The highest BCUT2D eigenvalue weighted by Gasteiger charge is 2.20. The summed E-state index contributed by atoms with van der Waals surface area (Å²) in [6.45, 7) is 0. The van der Waals surface area contributed by atoms with Crippen molar-refractivity contribution in [3.8, 4) is 5.82 Å². The van der Waals surface area contributed by atoms with Crippen molar-refractivity contribution in [1.29, 1.82) is 0 Å². The molecular formula is C16H14N2S. The number of nitrogens with zero attached hydrogens (tertiary/aromatic N) is 2. The molecule has 0 atom stereocenters. The maximum atomic E-state index is 4.54. The normalized spacial score (nSPS) is 14.5. The molecule has 0 fully saturated rings. The lowest BCUT2D eigenvalue weighted by Gasteiger charge is -2.15. The molecule has 4 rings (SSSR count). The van der Waals surface area contributed by atoms with E-state index in [-0.39, 0.29) is 0 Å². The van der Waals surface area contributed by atoms with Crippen molar-refractivity contribution >= 4 is 22.7 Å². The van der Waals surface area contributed by atoms with Crippen LogP contribution in [0.5, 0.6) is 0 Å². The number of pyridine rings is 1. The Morgan fingerprint density at radius 2 is 1.95 bits per heavy atom. The molecule has 3 aromatic rings. The molecule has 2 nitrogen and oxygen atoms in total. The third kappa shape index (κ3) is 1.69. The zero-order valence-corrected chi connectivity index (χ0v) is 11.4. The van der Waals surface area contributed by atoms with Crippen LogP contribution >= 0.6 is 11.8 Å². The molecule has 0 amide bonds. The summed E-state index contributed by atoms with van der Waals surface area (Å²) in [6, 6.07) is 14.8. The van der Waals surface area contributed by atoms with Gasteiger partial charge in [-0.3, -0.25) is 4.57 Å². The summed E-state index contributed by atoms with van der Waals surface area (Å²) in [5, 5.41) is 1.38. The van der Waals surface area contributed by atoms with E-state index in [1.165, 1.54) is 27.9 Å². The van der Waals surface area contributed by atoms with Gasteiger partial charge < -0.3 is 0 Å². The van der Waals surface area contributed by atoms with Crippen molar-refractivity contribution < 1.29 is 0 Å². The first kappa shape index (κ1) is 11.1. The van der Waals surface area contributed by atoms with Gasteiger partial charge in [-0.25, -0.2) is 4.98 Å². The Balaban J connectivity index is 2.09. The van der Waals surface area contributed by atoms with E-state index in [2.05, 4.69) is 45.9 Å². The number of aromatic nitrogens is 2. The second kappa shape index (κ2) is 4.42. The van der Waals surface area contributed by atoms with Crippen LogP contribution < -0.4 is 0 Å². The molecule has 0 spiro atoms. The molecule has 0 radical (unpaired) electrons. The molecule has 0 aliphatic carbocycles. The first-order valence-corrected chi connectivity index (χ1v) is 7.71. The minimum Gasteiger partial charge on any atom is -0.298 e. The Morgan fingerprint density at radius 3 is 2.84 bits per heavy atom. The van der Waals surface area contributed by atoms with Gasteiger partial charge in [0.05, 0.1) is 5.52 Å². The number of para-hydroxylation sites is 1. The summed E-state index contributed by atoms with van der Waals surface area (Å²) in [5.74, 6) is 3.36. The minimum atomic E-state index is 1.03. The maximum absolute atomic E-state index is 4.54. The Kier molecular flexibility index (Phi) is 2.59. The third-order valence-corrected chi connectivity index (χ3v) is 4.68. The van der Waals surface area contributed by atoms with Crippen LogP contribution in [0.25, 0.3) is 16.7 Å². The van der Waals surface area contributed by atoms with Crippen LogP contribution in [0.15, 0.2) is 48.7 Å². The van der Waals surface area contributed by atoms with E-state index in [9.17, 15) is 0 Å². The average molecular weight is 266 g/mol. The topological polar surface area (TPSA) is 17.8 Å². The van der Waals surface area contributed by atoms with E-state index in [0.29, 0.717) is 0 Å². The molecule has 1 aliphatic heterocycles. The number of rotatable bonds is 1. The van der Waals surface area contributed by atoms with Crippen molar-refractivity contribution in [2.75, 3.05) is 5.75 Å². The van der Waals surface area contributed by atoms with Gasteiger partial charge in [-0.05, 0) is 35.9 Å². The second-order valence-corrected chi connectivity index (χ2v) is 5.87. The van der Waals surface area contributed by atoms with Gasteiger partial charge in [-0.2, -0.15) is 11.8 Å². The van der Waals surface area contributed by atoms with Gasteiger partial charge in [0.2, 0.25) is 0 Å². The Bertz CT molecular complexity index is 731. The lowest BCUT2D eigenvalue weighted by molar-refractivity contribution is 0.912. The Morgan fingerprint density at radius 1 is 1.05 bits per heavy atom. The van der Waals surface area contributed by atoms with Crippen LogP contribution in [-0.2, 0) is 12.2 Å². The van der Waals surface area contributed by atoms with Crippen LogP contribution in [0.4, 0.5) is 0 Å².